The predicted molar refractivity (Wildman–Crippen MR) is 66.9 cm³/mol. The topological polar surface area (TPSA) is 45.8 Å². The first-order chi connectivity index (χ1) is 8.40. The van der Waals surface area contributed by atoms with E-state index in [0.717, 1.165) is 28.4 Å². The van der Waals surface area contributed by atoms with Crippen molar-refractivity contribution in [2.45, 2.75) is 0 Å². The number of aldehydes is 1. The van der Waals surface area contributed by atoms with E-state index in [1.165, 1.54) is 0 Å². The molecule has 0 aliphatic rings. The van der Waals surface area contributed by atoms with Gasteiger partial charge in [0, 0.05) is 34.4 Å². The molecule has 0 aliphatic carbocycles. The van der Waals surface area contributed by atoms with Crippen LogP contribution in [-0.2, 0) is 0 Å². The summed E-state index contributed by atoms with van der Waals surface area (Å²) in [7, 11) is 0. The maximum absolute atomic E-state index is 11.2. The van der Waals surface area contributed by atoms with Crippen LogP contribution in [0.25, 0.3) is 22.2 Å². The second-order valence-electron chi connectivity index (χ2n) is 3.81. The Morgan fingerprint density at radius 3 is 2.59 bits per heavy atom. The Bertz CT molecular complexity index is 671. The standard InChI is InChI=1S/C14H10N2O/c17-9-12-11-3-1-2-4-13(11)16-14(12)10-5-7-15-8-6-10/h1-9,16H. The minimum absolute atomic E-state index is 0.701. The van der Waals surface area contributed by atoms with Gasteiger partial charge in [0.2, 0.25) is 0 Å². The molecule has 0 radical (unpaired) electrons. The molecule has 2 heterocycles. The highest BCUT2D eigenvalue weighted by atomic mass is 16.1. The van der Waals surface area contributed by atoms with E-state index in [1.54, 1.807) is 12.4 Å². The van der Waals surface area contributed by atoms with E-state index in [2.05, 4.69) is 9.97 Å². The third-order valence-electron chi connectivity index (χ3n) is 2.83. The van der Waals surface area contributed by atoms with Gasteiger partial charge in [-0.15, -0.1) is 0 Å². The highest BCUT2D eigenvalue weighted by Gasteiger charge is 2.11. The Kier molecular flexibility index (Phi) is 2.22. The molecule has 0 unspecified atom stereocenters. The number of rotatable bonds is 2. The van der Waals surface area contributed by atoms with Crippen molar-refractivity contribution in [1.29, 1.82) is 0 Å². The number of hydrogen-bond acceptors (Lipinski definition) is 2. The summed E-state index contributed by atoms with van der Waals surface area (Å²) in [4.78, 5) is 18.5. The fraction of sp³-hybridized carbons (Fsp3) is 0. The molecule has 0 spiro atoms. The largest absolute Gasteiger partial charge is 0.354 e. The van der Waals surface area contributed by atoms with Gasteiger partial charge in [-0.2, -0.15) is 0 Å². The first kappa shape index (κ1) is 9.78. The Hall–Kier alpha value is -2.42. The fourth-order valence-corrected chi connectivity index (χ4v) is 2.03. The summed E-state index contributed by atoms with van der Waals surface area (Å²) in [5.74, 6) is 0. The molecule has 3 heteroatoms. The lowest BCUT2D eigenvalue weighted by Gasteiger charge is -1.97. The van der Waals surface area contributed by atoms with Gasteiger partial charge in [-0.25, -0.2) is 0 Å². The molecule has 17 heavy (non-hydrogen) atoms. The molecule has 3 rings (SSSR count). The van der Waals surface area contributed by atoms with Crippen molar-refractivity contribution in [3.63, 3.8) is 0 Å². The Morgan fingerprint density at radius 1 is 1.06 bits per heavy atom. The first-order valence-corrected chi connectivity index (χ1v) is 5.36. The lowest BCUT2D eigenvalue weighted by atomic mass is 10.1. The van der Waals surface area contributed by atoms with Crippen LogP contribution in [0, 0.1) is 0 Å². The molecular weight excluding hydrogens is 212 g/mol. The number of nitrogens with zero attached hydrogens (tertiary/aromatic N) is 1. The molecule has 0 amide bonds. The first-order valence-electron chi connectivity index (χ1n) is 5.36. The van der Waals surface area contributed by atoms with Crippen LogP contribution in [0.1, 0.15) is 10.4 Å². The van der Waals surface area contributed by atoms with Gasteiger partial charge in [-0.1, -0.05) is 18.2 Å². The van der Waals surface area contributed by atoms with Crippen LogP contribution in [0.15, 0.2) is 48.8 Å². The zero-order valence-corrected chi connectivity index (χ0v) is 9.05. The van der Waals surface area contributed by atoms with E-state index in [0.29, 0.717) is 5.56 Å². The summed E-state index contributed by atoms with van der Waals surface area (Å²) < 4.78 is 0. The molecule has 82 valence electrons. The molecule has 0 atom stereocenters. The number of carbonyl (C=O) groups is 1. The zero-order chi connectivity index (χ0) is 11.7. The number of fused-ring (bicyclic) bond motifs is 1. The summed E-state index contributed by atoms with van der Waals surface area (Å²) >= 11 is 0. The molecule has 0 aliphatic heterocycles. The van der Waals surface area contributed by atoms with Crippen LogP contribution in [0.2, 0.25) is 0 Å². The number of para-hydroxylation sites is 1. The van der Waals surface area contributed by atoms with Crippen molar-refractivity contribution in [3.05, 3.63) is 54.4 Å². The molecular formula is C14H10N2O. The maximum atomic E-state index is 11.2. The average Bonchev–Trinajstić information content (AvgIpc) is 2.78. The lowest BCUT2D eigenvalue weighted by molar-refractivity contribution is 0.112. The second kappa shape index (κ2) is 3.87. The highest BCUT2D eigenvalue weighted by molar-refractivity contribution is 6.04. The summed E-state index contributed by atoms with van der Waals surface area (Å²) in [6, 6.07) is 11.6. The van der Waals surface area contributed by atoms with Crippen molar-refractivity contribution in [3.8, 4) is 11.3 Å². The van der Waals surface area contributed by atoms with E-state index in [-0.39, 0.29) is 0 Å². The van der Waals surface area contributed by atoms with Gasteiger partial charge in [0.05, 0.1) is 5.69 Å². The number of pyridine rings is 1. The van der Waals surface area contributed by atoms with Crippen LogP contribution in [0.3, 0.4) is 0 Å². The van der Waals surface area contributed by atoms with Gasteiger partial charge in [-0.05, 0) is 18.2 Å². The summed E-state index contributed by atoms with van der Waals surface area (Å²) in [5.41, 5.74) is 3.50. The quantitative estimate of drug-likeness (QED) is 0.677. The van der Waals surface area contributed by atoms with Gasteiger partial charge >= 0.3 is 0 Å². The monoisotopic (exact) mass is 222 g/mol. The minimum atomic E-state index is 0.701. The zero-order valence-electron chi connectivity index (χ0n) is 9.05. The number of hydrogen-bond donors (Lipinski definition) is 1. The van der Waals surface area contributed by atoms with Crippen LogP contribution < -0.4 is 0 Å². The molecule has 0 bridgehead atoms. The van der Waals surface area contributed by atoms with Crippen LogP contribution >= 0.6 is 0 Å². The lowest BCUT2D eigenvalue weighted by Crippen LogP contribution is -1.84. The van der Waals surface area contributed by atoms with Crippen molar-refractivity contribution < 1.29 is 4.79 Å². The number of aromatic amines is 1. The average molecular weight is 222 g/mol. The second-order valence-corrected chi connectivity index (χ2v) is 3.81. The summed E-state index contributed by atoms with van der Waals surface area (Å²) in [6.45, 7) is 0. The Labute approximate surface area is 98.1 Å². The van der Waals surface area contributed by atoms with Crippen LogP contribution in [0.4, 0.5) is 0 Å². The Morgan fingerprint density at radius 2 is 1.82 bits per heavy atom. The molecule has 1 aromatic carbocycles. The number of aromatic nitrogens is 2. The molecule has 0 saturated carbocycles. The third kappa shape index (κ3) is 1.52. The van der Waals surface area contributed by atoms with Crippen molar-refractivity contribution in [2.24, 2.45) is 0 Å². The van der Waals surface area contributed by atoms with Crippen molar-refractivity contribution >= 4 is 17.2 Å². The molecule has 3 aromatic rings. The van der Waals surface area contributed by atoms with E-state index in [1.807, 2.05) is 36.4 Å². The van der Waals surface area contributed by atoms with Gasteiger partial charge in [-0.3, -0.25) is 9.78 Å². The summed E-state index contributed by atoms with van der Waals surface area (Å²) in [6.07, 6.45) is 4.33. The van der Waals surface area contributed by atoms with E-state index in [4.69, 9.17) is 0 Å². The SMILES string of the molecule is O=Cc1c(-c2ccncc2)[nH]c2ccccc12. The van der Waals surface area contributed by atoms with E-state index < -0.39 is 0 Å². The molecule has 2 aromatic heterocycles. The van der Waals surface area contributed by atoms with Crippen molar-refractivity contribution in [2.75, 3.05) is 0 Å². The predicted octanol–water partition coefficient (Wildman–Crippen LogP) is 3.04. The summed E-state index contributed by atoms with van der Waals surface area (Å²) in [5, 5.41) is 0.953. The molecule has 0 saturated heterocycles. The Balaban J connectivity index is 2.33. The number of carbonyl (C=O) groups excluding carboxylic acids is 1. The maximum Gasteiger partial charge on any atom is 0.152 e. The number of benzene rings is 1. The number of nitrogens with one attached hydrogen (secondary N) is 1. The van der Waals surface area contributed by atoms with Crippen molar-refractivity contribution in [1.82, 2.24) is 9.97 Å². The normalized spacial score (nSPS) is 10.6. The van der Waals surface area contributed by atoms with Gasteiger partial charge in [0.1, 0.15) is 0 Å². The molecule has 0 fully saturated rings. The minimum Gasteiger partial charge on any atom is -0.354 e. The number of H-pyrrole nitrogens is 1. The van der Waals surface area contributed by atoms with Crippen LogP contribution in [-0.4, -0.2) is 16.3 Å². The molecule has 3 nitrogen and oxygen atoms in total. The fourth-order valence-electron chi connectivity index (χ4n) is 2.03. The molecule has 1 N–H and O–H groups in total. The third-order valence-corrected chi connectivity index (χ3v) is 2.83. The van der Waals surface area contributed by atoms with E-state index in [9.17, 15) is 4.79 Å². The van der Waals surface area contributed by atoms with Gasteiger partial charge in [0.15, 0.2) is 6.29 Å². The van der Waals surface area contributed by atoms with Gasteiger partial charge in [0.25, 0.3) is 0 Å². The smallest absolute Gasteiger partial charge is 0.152 e. The highest BCUT2D eigenvalue weighted by Crippen LogP contribution is 2.28. The van der Waals surface area contributed by atoms with E-state index >= 15 is 0 Å². The van der Waals surface area contributed by atoms with Gasteiger partial charge < -0.3 is 4.98 Å². The van der Waals surface area contributed by atoms with Crippen LogP contribution in [0.5, 0.6) is 0 Å².